The van der Waals surface area contributed by atoms with Crippen molar-refractivity contribution in [1.29, 1.82) is 5.41 Å². The minimum absolute atomic E-state index is 0.433. The van der Waals surface area contributed by atoms with Crippen molar-refractivity contribution in [1.82, 2.24) is 0 Å². The average Bonchev–Trinajstić information content (AvgIpc) is 2.07. The molecule has 0 fully saturated rings. The van der Waals surface area contributed by atoms with E-state index in [2.05, 4.69) is 31.1 Å². The molecule has 0 bridgehead atoms. The predicted molar refractivity (Wildman–Crippen MR) is 60.8 cm³/mol. The molecule has 1 rings (SSSR count). The highest BCUT2D eigenvalue weighted by atomic mass is 32.1. The third-order valence-electron chi connectivity index (χ3n) is 1.81. The number of allylic oxidation sites excluding steroid dienone is 4. The number of thiol groups is 1. The molecule has 0 aromatic heterocycles. The van der Waals surface area contributed by atoms with Crippen LogP contribution in [-0.2, 0) is 0 Å². The molecular weight excluding hydrogens is 180 g/mol. The fourth-order valence-electron chi connectivity index (χ4n) is 1.26. The van der Waals surface area contributed by atoms with Gasteiger partial charge < -0.3 is 0 Å². The fourth-order valence-corrected chi connectivity index (χ4v) is 1.42. The van der Waals surface area contributed by atoms with Crippen molar-refractivity contribution in [2.75, 3.05) is 0 Å². The zero-order valence-corrected chi connectivity index (χ0v) is 8.81. The summed E-state index contributed by atoms with van der Waals surface area (Å²) in [5, 5.41) is 7.51. The van der Waals surface area contributed by atoms with Gasteiger partial charge in [-0.25, -0.2) is 4.40 Å². The highest BCUT2D eigenvalue weighted by molar-refractivity contribution is 7.79. The maximum Gasteiger partial charge on any atom is 0.0961 e. The van der Waals surface area contributed by atoms with E-state index in [1.54, 1.807) is 6.08 Å². The first kappa shape index (κ1) is 10.3. The Morgan fingerprint density at radius 1 is 1.46 bits per heavy atom. The van der Waals surface area contributed by atoms with E-state index in [-0.39, 0.29) is 0 Å². The second-order valence-corrected chi connectivity index (χ2v) is 3.75. The van der Waals surface area contributed by atoms with E-state index in [4.69, 9.17) is 5.41 Å². The molecule has 0 amide bonds. The van der Waals surface area contributed by atoms with E-state index < -0.39 is 0 Å². The summed E-state index contributed by atoms with van der Waals surface area (Å²) in [5.74, 6) is 0.629. The van der Waals surface area contributed by atoms with E-state index in [9.17, 15) is 0 Å². The number of hydrogen-bond acceptors (Lipinski definition) is 3. The van der Waals surface area contributed by atoms with Crippen LogP contribution in [0.1, 0.15) is 20.3 Å². The lowest BCUT2D eigenvalue weighted by Crippen LogP contribution is -2.11. The highest BCUT2D eigenvalue weighted by Gasteiger charge is 2.08. The van der Waals surface area contributed by atoms with Gasteiger partial charge in [0.05, 0.1) is 11.4 Å². The van der Waals surface area contributed by atoms with Gasteiger partial charge in [0.25, 0.3) is 0 Å². The standard InChI is InChI=1S/C10H14N2S/c1-7(2)5-8-3-4-9(11)10(6-8)12-13/h3-4,6-7,11,13H,5H2,1-2H3/b11-9?,12-10-. The molecule has 1 N–H and O–H groups in total. The number of nitrogens with zero attached hydrogens (tertiary/aromatic N) is 1. The third kappa shape index (κ3) is 2.84. The van der Waals surface area contributed by atoms with E-state index in [1.165, 1.54) is 5.57 Å². The zero-order chi connectivity index (χ0) is 9.84. The molecule has 0 unspecified atom stereocenters. The first-order valence-electron chi connectivity index (χ1n) is 4.33. The van der Waals surface area contributed by atoms with Crippen molar-refractivity contribution in [2.45, 2.75) is 20.3 Å². The summed E-state index contributed by atoms with van der Waals surface area (Å²) in [4.78, 5) is 0. The molecule has 0 saturated heterocycles. The van der Waals surface area contributed by atoms with Crippen molar-refractivity contribution in [3.05, 3.63) is 23.8 Å². The van der Waals surface area contributed by atoms with E-state index in [0.717, 1.165) is 6.42 Å². The Morgan fingerprint density at radius 2 is 2.15 bits per heavy atom. The van der Waals surface area contributed by atoms with E-state index in [1.807, 2.05) is 12.2 Å². The quantitative estimate of drug-likeness (QED) is 0.501. The van der Waals surface area contributed by atoms with Crippen molar-refractivity contribution in [3.8, 4) is 0 Å². The lowest BCUT2D eigenvalue weighted by Gasteiger charge is -2.10. The van der Waals surface area contributed by atoms with Crippen molar-refractivity contribution < 1.29 is 0 Å². The largest absolute Gasteiger partial charge is 0.299 e. The first-order chi connectivity index (χ1) is 6.13. The van der Waals surface area contributed by atoms with Crippen LogP contribution in [0, 0.1) is 11.3 Å². The van der Waals surface area contributed by atoms with Crippen LogP contribution in [0.25, 0.3) is 0 Å². The highest BCUT2D eigenvalue weighted by Crippen LogP contribution is 2.15. The van der Waals surface area contributed by atoms with Crippen molar-refractivity contribution in [3.63, 3.8) is 0 Å². The SMILES string of the molecule is CC(C)CC1=C/C(=N/S)C(=N)C=C1. The van der Waals surface area contributed by atoms with Crippen LogP contribution >= 0.6 is 12.8 Å². The molecule has 0 heterocycles. The van der Waals surface area contributed by atoms with Gasteiger partial charge in [-0.3, -0.25) is 5.41 Å². The minimum atomic E-state index is 0.433. The molecule has 0 spiro atoms. The van der Waals surface area contributed by atoms with Crippen LogP contribution in [0.15, 0.2) is 28.2 Å². The van der Waals surface area contributed by atoms with Crippen molar-refractivity contribution >= 4 is 24.2 Å². The second kappa shape index (κ2) is 4.42. The Hall–Kier alpha value is -0.830. The van der Waals surface area contributed by atoms with E-state index in [0.29, 0.717) is 17.3 Å². The van der Waals surface area contributed by atoms with Gasteiger partial charge >= 0.3 is 0 Å². The van der Waals surface area contributed by atoms with Gasteiger partial charge in [0.15, 0.2) is 0 Å². The Morgan fingerprint density at radius 3 is 2.69 bits per heavy atom. The molecular formula is C10H14N2S. The molecule has 0 saturated carbocycles. The zero-order valence-electron chi connectivity index (χ0n) is 7.91. The first-order valence-corrected chi connectivity index (χ1v) is 4.73. The summed E-state index contributed by atoms with van der Waals surface area (Å²) in [5.41, 5.74) is 2.31. The van der Waals surface area contributed by atoms with Gasteiger partial charge in [0, 0.05) is 0 Å². The molecule has 13 heavy (non-hydrogen) atoms. The third-order valence-corrected chi connectivity index (χ3v) is 2.03. The molecule has 1 aliphatic carbocycles. The Balaban J connectivity index is 2.79. The number of nitrogens with one attached hydrogen (secondary N) is 1. The summed E-state index contributed by atoms with van der Waals surface area (Å²) >= 11 is 3.82. The summed E-state index contributed by atoms with van der Waals surface area (Å²) in [6.45, 7) is 4.35. The van der Waals surface area contributed by atoms with Crippen LogP contribution in [0.5, 0.6) is 0 Å². The van der Waals surface area contributed by atoms with Gasteiger partial charge in [-0.2, -0.15) is 0 Å². The lowest BCUT2D eigenvalue weighted by atomic mass is 9.96. The van der Waals surface area contributed by atoms with Crippen LogP contribution in [0.2, 0.25) is 0 Å². The Kier molecular flexibility index (Phi) is 3.48. The normalized spacial score (nSPS) is 19.8. The Bertz CT molecular complexity index is 298. The van der Waals surface area contributed by atoms with Crippen molar-refractivity contribution in [2.24, 2.45) is 10.3 Å². The van der Waals surface area contributed by atoms with Gasteiger partial charge in [-0.1, -0.05) is 19.9 Å². The minimum Gasteiger partial charge on any atom is -0.299 e. The lowest BCUT2D eigenvalue weighted by molar-refractivity contribution is 0.650. The maximum atomic E-state index is 7.51. The predicted octanol–water partition coefficient (Wildman–Crippen LogP) is 2.83. The van der Waals surface area contributed by atoms with Gasteiger partial charge in [0.2, 0.25) is 0 Å². The fraction of sp³-hybridized carbons (Fsp3) is 0.400. The molecule has 1 aliphatic rings. The molecule has 0 aromatic carbocycles. The molecule has 0 aromatic rings. The molecule has 0 atom stereocenters. The molecule has 0 radical (unpaired) electrons. The average molecular weight is 194 g/mol. The monoisotopic (exact) mass is 194 g/mol. The topological polar surface area (TPSA) is 36.2 Å². The molecule has 0 aliphatic heterocycles. The second-order valence-electron chi connectivity index (χ2n) is 3.55. The summed E-state index contributed by atoms with van der Waals surface area (Å²) in [6.07, 6.45) is 6.70. The van der Waals surface area contributed by atoms with Crippen LogP contribution in [-0.4, -0.2) is 11.4 Å². The van der Waals surface area contributed by atoms with Gasteiger partial charge in [-0.15, -0.1) is 0 Å². The van der Waals surface area contributed by atoms with Crippen LogP contribution in [0.3, 0.4) is 0 Å². The van der Waals surface area contributed by atoms with Crippen LogP contribution in [0.4, 0.5) is 0 Å². The maximum absolute atomic E-state index is 7.51. The Labute approximate surface area is 84.5 Å². The van der Waals surface area contributed by atoms with Crippen LogP contribution < -0.4 is 0 Å². The summed E-state index contributed by atoms with van der Waals surface area (Å²) < 4.78 is 3.74. The molecule has 70 valence electrons. The summed E-state index contributed by atoms with van der Waals surface area (Å²) in [7, 11) is 0. The van der Waals surface area contributed by atoms with Gasteiger partial charge in [-0.05, 0) is 42.9 Å². The number of hydrogen-bond donors (Lipinski definition) is 2. The molecule has 3 heteroatoms. The smallest absolute Gasteiger partial charge is 0.0961 e. The molecule has 2 nitrogen and oxygen atoms in total. The number of rotatable bonds is 2. The van der Waals surface area contributed by atoms with Gasteiger partial charge in [0.1, 0.15) is 0 Å². The van der Waals surface area contributed by atoms with E-state index >= 15 is 0 Å². The summed E-state index contributed by atoms with van der Waals surface area (Å²) in [6, 6.07) is 0.